The van der Waals surface area contributed by atoms with Gasteiger partial charge in [0.2, 0.25) is 0 Å². The van der Waals surface area contributed by atoms with Crippen LogP contribution in [-0.2, 0) is 24.4 Å². The summed E-state index contributed by atoms with van der Waals surface area (Å²) in [7, 11) is -4.14. The average Bonchev–Trinajstić information content (AvgIpc) is 2.73. The molecule has 0 bridgehead atoms. The topological polar surface area (TPSA) is 179 Å². The number of anilines is 2. The van der Waals surface area contributed by atoms with Crippen LogP contribution in [0.1, 0.15) is 10.4 Å². The Kier molecular flexibility index (Phi) is 6.30. The van der Waals surface area contributed by atoms with Crippen LogP contribution in [0.15, 0.2) is 47.4 Å². The monoisotopic (exact) mass is 463 g/mol. The predicted molar refractivity (Wildman–Crippen MR) is 109 cm³/mol. The largest absolute Gasteiger partial charge is 0.482 e. The molecular formula is C19H17N3O9S. The van der Waals surface area contributed by atoms with Crippen LogP contribution in [-0.4, -0.2) is 62.1 Å². The number of aliphatic carboxylic acids is 2. The number of hydrogen-bond donors (Lipinski definition) is 4. The fourth-order valence-electron chi connectivity index (χ4n) is 2.82. The number of fused-ring (bicyclic) bond motifs is 1. The van der Waals surface area contributed by atoms with Gasteiger partial charge in [0, 0.05) is 11.3 Å². The molecule has 3 rings (SSSR count). The highest BCUT2D eigenvalue weighted by Crippen LogP contribution is 2.34. The van der Waals surface area contributed by atoms with Crippen molar-refractivity contribution in [3.8, 4) is 5.75 Å². The van der Waals surface area contributed by atoms with Crippen molar-refractivity contribution in [2.75, 3.05) is 29.3 Å². The molecule has 0 saturated heterocycles. The molecule has 1 heterocycles. The lowest BCUT2D eigenvalue weighted by molar-refractivity contribution is -0.137. The minimum absolute atomic E-state index is 0.0111. The van der Waals surface area contributed by atoms with E-state index in [0.717, 1.165) is 11.0 Å². The second kappa shape index (κ2) is 8.93. The van der Waals surface area contributed by atoms with E-state index in [2.05, 4.69) is 10.0 Å². The number of nitrogens with zero attached hydrogens (tertiary/aromatic N) is 1. The van der Waals surface area contributed by atoms with Gasteiger partial charge < -0.3 is 20.3 Å². The molecule has 12 nitrogen and oxygen atoms in total. The summed E-state index contributed by atoms with van der Waals surface area (Å²) >= 11 is 0. The highest BCUT2D eigenvalue weighted by Gasteiger charge is 2.29. The molecule has 0 aromatic heterocycles. The fourth-order valence-corrected chi connectivity index (χ4v) is 3.90. The fraction of sp³-hybridized carbons (Fsp3) is 0.158. The molecule has 0 radical (unpaired) electrons. The summed E-state index contributed by atoms with van der Waals surface area (Å²) in [6.07, 6.45) is 0. The van der Waals surface area contributed by atoms with E-state index in [9.17, 15) is 27.6 Å². The number of carbonyl (C=O) groups is 4. The van der Waals surface area contributed by atoms with Crippen molar-refractivity contribution < 1.29 is 42.5 Å². The summed E-state index contributed by atoms with van der Waals surface area (Å²) < 4.78 is 33.1. The van der Waals surface area contributed by atoms with E-state index in [1.807, 2.05) is 0 Å². The number of sulfonamides is 1. The molecule has 2 aromatic rings. The molecule has 0 aliphatic carbocycles. The molecule has 2 amide bonds. The van der Waals surface area contributed by atoms with Crippen LogP contribution < -0.4 is 19.7 Å². The van der Waals surface area contributed by atoms with Crippen molar-refractivity contribution in [3.63, 3.8) is 0 Å². The van der Waals surface area contributed by atoms with Crippen molar-refractivity contribution in [2.45, 2.75) is 4.90 Å². The van der Waals surface area contributed by atoms with E-state index in [4.69, 9.17) is 14.9 Å². The van der Waals surface area contributed by atoms with E-state index in [1.165, 1.54) is 36.4 Å². The van der Waals surface area contributed by atoms with Gasteiger partial charge >= 0.3 is 11.9 Å². The second-order valence-corrected chi connectivity index (χ2v) is 8.23. The van der Waals surface area contributed by atoms with Crippen LogP contribution in [0.3, 0.4) is 0 Å². The summed E-state index contributed by atoms with van der Waals surface area (Å²) in [4.78, 5) is 46.1. The number of rotatable bonds is 8. The second-order valence-electron chi connectivity index (χ2n) is 6.55. The lowest BCUT2D eigenvalue weighted by Gasteiger charge is -2.28. The Morgan fingerprint density at radius 2 is 1.72 bits per heavy atom. The molecule has 13 heteroatoms. The van der Waals surface area contributed by atoms with Gasteiger partial charge in [-0.1, -0.05) is 0 Å². The number of ether oxygens (including phenoxy) is 1. The summed E-state index contributed by atoms with van der Waals surface area (Å²) in [5.74, 6) is -3.58. The number of benzene rings is 2. The quantitative estimate of drug-likeness (QED) is 0.423. The van der Waals surface area contributed by atoms with Crippen LogP contribution in [0.5, 0.6) is 5.75 Å². The highest BCUT2D eigenvalue weighted by molar-refractivity contribution is 7.92. The zero-order valence-electron chi connectivity index (χ0n) is 16.3. The number of nitrogens with one attached hydrogen (secondary N) is 2. The van der Waals surface area contributed by atoms with Gasteiger partial charge in [0.25, 0.3) is 21.8 Å². The first-order chi connectivity index (χ1) is 15.1. The number of hydrogen-bond acceptors (Lipinski definition) is 7. The van der Waals surface area contributed by atoms with Crippen molar-refractivity contribution in [2.24, 2.45) is 0 Å². The van der Waals surface area contributed by atoms with Crippen molar-refractivity contribution in [3.05, 3.63) is 48.0 Å². The molecule has 32 heavy (non-hydrogen) atoms. The molecule has 0 saturated carbocycles. The smallest absolute Gasteiger partial charge is 0.323 e. The van der Waals surface area contributed by atoms with E-state index < -0.39 is 46.9 Å². The zero-order chi connectivity index (χ0) is 23.5. The van der Waals surface area contributed by atoms with Gasteiger partial charge in [-0.3, -0.25) is 28.8 Å². The van der Waals surface area contributed by atoms with Crippen LogP contribution in [0.2, 0.25) is 0 Å². The first-order valence-corrected chi connectivity index (χ1v) is 10.5. The van der Waals surface area contributed by atoms with Crippen LogP contribution in [0.4, 0.5) is 11.4 Å². The Balaban J connectivity index is 1.81. The third kappa shape index (κ3) is 5.13. The van der Waals surface area contributed by atoms with E-state index in [0.29, 0.717) is 0 Å². The third-order valence-corrected chi connectivity index (χ3v) is 5.66. The van der Waals surface area contributed by atoms with Crippen LogP contribution in [0.25, 0.3) is 0 Å². The Morgan fingerprint density at radius 1 is 1.03 bits per heavy atom. The number of carboxylic acids is 2. The molecule has 1 aliphatic heterocycles. The summed E-state index contributed by atoms with van der Waals surface area (Å²) in [5, 5.41) is 19.8. The highest BCUT2D eigenvalue weighted by atomic mass is 32.2. The normalized spacial score (nSPS) is 13.0. The first-order valence-electron chi connectivity index (χ1n) is 8.99. The Bertz CT molecular complexity index is 1190. The number of carbonyl (C=O) groups excluding carboxylic acids is 2. The standard InChI is InChI=1S/C19H17N3O9S/c23-16-10-31-15-6-5-13(7-14(15)22(16)9-18(26)27)32(29,30)21-12-3-1-11(2-4-12)19(28)20-8-17(24)25/h1-7,21H,8-10H2,(H,20,28)(H,24,25)(H,26,27). The molecular weight excluding hydrogens is 446 g/mol. The predicted octanol–water partition coefficient (Wildman–Crippen LogP) is 0.112. The van der Waals surface area contributed by atoms with E-state index >= 15 is 0 Å². The minimum atomic E-state index is -4.14. The van der Waals surface area contributed by atoms with Crippen LogP contribution in [0, 0.1) is 0 Å². The van der Waals surface area contributed by atoms with Crippen molar-refractivity contribution >= 4 is 45.2 Å². The molecule has 168 valence electrons. The summed E-state index contributed by atoms with van der Waals surface area (Å²) in [6, 6.07) is 8.94. The maximum Gasteiger partial charge on any atom is 0.323 e. The molecule has 4 N–H and O–H groups in total. The SMILES string of the molecule is O=C(O)CNC(=O)c1ccc(NS(=O)(=O)c2ccc3c(c2)N(CC(=O)O)C(=O)CO3)cc1. The summed E-state index contributed by atoms with van der Waals surface area (Å²) in [6.45, 7) is -1.58. The Labute approximate surface area is 181 Å². The average molecular weight is 463 g/mol. The third-order valence-electron chi connectivity index (χ3n) is 4.28. The Morgan fingerprint density at radius 3 is 2.34 bits per heavy atom. The Hall–Kier alpha value is -4.13. The van der Waals surface area contributed by atoms with Gasteiger partial charge in [-0.05, 0) is 42.5 Å². The lowest BCUT2D eigenvalue weighted by atomic mass is 10.2. The zero-order valence-corrected chi connectivity index (χ0v) is 17.1. The van der Waals surface area contributed by atoms with E-state index in [-0.39, 0.29) is 34.2 Å². The molecule has 0 fully saturated rings. The molecule has 1 aliphatic rings. The van der Waals surface area contributed by atoms with Gasteiger partial charge in [-0.2, -0.15) is 0 Å². The van der Waals surface area contributed by atoms with Gasteiger partial charge in [-0.15, -0.1) is 0 Å². The minimum Gasteiger partial charge on any atom is -0.482 e. The lowest BCUT2D eigenvalue weighted by Crippen LogP contribution is -2.42. The van der Waals surface area contributed by atoms with Gasteiger partial charge in [0.1, 0.15) is 18.8 Å². The van der Waals surface area contributed by atoms with Gasteiger partial charge in [-0.25, -0.2) is 8.42 Å². The molecule has 0 spiro atoms. The molecule has 0 atom stereocenters. The first kappa shape index (κ1) is 22.6. The van der Waals surface area contributed by atoms with E-state index in [1.54, 1.807) is 0 Å². The van der Waals surface area contributed by atoms with Crippen LogP contribution >= 0.6 is 0 Å². The van der Waals surface area contributed by atoms with Crippen molar-refractivity contribution in [1.29, 1.82) is 0 Å². The molecule has 2 aromatic carbocycles. The maximum absolute atomic E-state index is 12.8. The molecule has 0 unspecified atom stereocenters. The number of amides is 2. The van der Waals surface area contributed by atoms with Gasteiger partial charge in [0.05, 0.1) is 10.6 Å². The summed E-state index contributed by atoms with van der Waals surface area (Å²) in [5.41, 5.74) is 0.257. The van der Waals surface area contributed by atoms with Crippen molar-refractivity contribution in [1.82, 2.24) is 5.32 Å². The maximum atomic E-state index is 12.8. The number of carboxylic acid groups (broad SMARTS) is 2. The van der Waals surface area contributed by atoms with Gasteiger partial charge in [0.15, 0.2) is 6.61 Å².